The summed E-state index contributed by atoms with van der Waals surface area (Å²) in [6, 6.07) is 7.61. The molecule has 1 aromatic heterocycles. The van der Waals surface area contributed by atoms with E-state index < -0.39 is 0 Å². The molecule has 1 aromatic carbocycles. The first-order valence-corrected chi connectivity index (χ1v) is 7.09. The zero-order chi connectivity index (χ0) is 13.0. The van der Waals surface area contributed by atoms with Gasteiger partial charge in [-0.15, -0.1) is 11.3 Å². The lowest BCUT2D eigenvalue weighted by Gasteiger charge is -2.10. The van der Waals surface area contributed by atoms with Crippen molar-refractivity contribution in [2.75, 3.05) is 7.11 Å². The van der Waals surface area contributed by atoms with Crippen LogP contribution in [0.2, 0.25) is 10.0 Å². The van der Waals surface area contributed by atoms with Gasteiger partial charge in [-0.2, -0.15) is 0 Å². The highest BCUT2D eigenvalue weighted by atomic mass is 35.5. The number of rotatable bonds is 5. The highest BCUT2D eigenvalue weighted by molar-refractivity contribution is 7.10. The molecule has 0 bridgehead atoms. The second-order valence-electron chi connectivity index (χ2n) is 3.76. The number of methoxy groups -OCH3 is 1. The lowest BCUT2D eigenvalue weighted by molar-refractivity contribution is 0.408. The molecular formula is C13H13Cl2NOS. The van der Waals surface area contributed by atoms with Crippen LogP contribution >= 0.6 is 34.5 Å². The minimum atomic E-state index is 0.665. The Bertz CT molecular complexity index is 527. The molecule has 0 saturated heterocycles. The van der Waals surface area contributed by atoms with Gasteiger partial charge < -0.3 is 10.1 Å². The smallest absolute Gasteiger partial charge is 0.124 e. The third-order valence-electron chi connectivity index (χ3n) is 2.52. The van der Waals surface area contributed by atoms with Crippen molar-refractivity contribution in [3.05, 3.63) is 50.1 Å². The number of benzene rings is 1. The van der Waals surface area contributed by atoms with Crippen molar-refractivity contribution in [1.29, 1.82) is 0 Å². The van der Waals surface area contributed by atoms with Crippen molar-refractivity contribution in [3.8, 4) is 5.75 Å². The van der Waals surface area contributed by atoms with Crippen molar-refractivity contribution in [3.63, 3.8) is 0 Å². The number of halogens is 2. The first-order chi connectivity index (χ1) is 8.70. The van der Waals surface area contributed by atoms with E-state index in [1.807, 2.05) is 29.6 Å². The maximum atomic E-state index is 6.16. The van der Waals surface area contributed by atoms with Crippen LogP contribution in [0.5, 0.6) is 5.75 Å². The van der Waals surface area contributed by atoms with E-state index in [4.69, 9.17) is 27.9 Å². The summed E-state index contributed by atoms with van der Waals surface area (Å²) in [6.45, 7) is 1.43. The minimum absolute atomic E-state index is 0.665. The molecule has 18 heavy (non-hydrogen) atoms. The van der Waals surface area contributed by atoms with E-state index >= 15 is 0 Å². The van der Waals surface area contributed by atoms with Crippen molar-refractivity contribution in [2.24, 2.45) is 0 Å². The lowest BCUT2D eigenvalue weighted by Crippen LogP contribution is -2.12. The maximum absolute atomic E-state index is 6.16. The van der Waals surface area contributed by atoms with Crippen LogP contribution in [0.15, 0.2) is 29.6 Å². The Kier molecular flexibility index (Phi) is 4.89. The lowest BCUT2D eigenvalue weighted by atomic mass is 10.2. The molecule has 96 valence electrons. The third kappa shape index (κ3) is 3.39. The van der Waals surface area contributed by atoms with E-state index in [9.17, 15) is 0 Å². The third-order valence-corrected chi connectivity index (χ3v) is 4.16. The Morgan fingerprint density at radius 1 is 1.28 bits per heavy atom. The Balaban J connectivity index is 1.98. The number of ether oxygens (including phenoxy) is 1. The number of thiophene rings is 1. The molecule has 2 rings (SSSR count). The van der Waals surface area contributed by atoms with Gasteiger partial charge in [-0.25, -0.2) is 0 Å². The summed E-state index contributed by atoms with van der Waals surface area (Å²) in [5.41, 5.74) is 0.976. The van der Waals surface area contributed by atoms with Crippen LogP contribution in [0.3, 0.4) is 0 Å². The fraction of sp³-hybridized carbons (Fsp3) is 0.231. The highest BCUT2D eigenvalue weighted by Gasteiger charge is 2.07. The van der Waals surface area contributed by atoms with Crippen molar-refractivity contribution < 1.29 is 4.74 Å². The molecule has 0 unspecified atom stereocenters. The molecule has 0 spiro atoms. The second kappa shape index (κ2) is 6.43. The van der Waals surface area contributed by atoms with Crippen LogP contribution in [0.1, 0.15) is 10.4 Å². The Morgan fingerprint density at radius 3 is 2.78 bits per heavy atom. The van der Waals surface area contributed by atoms with Crippen LogP contribution in [0.4, 0.5) is 0 Å². The quantitative estimate of drug-likeness (QED) is 0.886. The van der Waals surface area contributed by atoms with Crippen LogP contribution in [-0.2, 0) is 13.1 Å². The monoisotopic (exact) mass is 301 g/mol. The molecule has 2 nitrogen and oxygen atoms in total. The molecule has 0 saturated carbocycles. The summed E-state index contributed by atoms with van der Waals surface area (Å²) in [6.07, 6.45) is 0. The molecule has 5 heteroatoms. The number of hydrogen-bond donors (Lipinski definition) is 1. The molecule has 2 aromatic rings. The van der Waals surface area contributed by atoms with Crippen LogP contribution in [-0.4, -0.2) is 7.11 Å². The summed E-state index contributed by atoms with van der Waals surface area (Å²) in [4.78, 5) is 1.20. The van der Waals surface area contributed by atoms with E-state index in [-0.39, 0.29) is 0 Å². The predicted molar refractivity (Wildman–Crippen MR) is 77.9 cm³/mol. The standard InChI is InChI=1S/C13H13Cl2NOS/c1-17-13-4-2-3-12(15)11(13)7-16-6-10-5-9(14)8-18-10/h2-5,8,16H,6-7H2,1H3. The van der Waals surface area contributed by atoms with Crippen LogP contribution in [0.25, 0.3) is 0 Å². The normalized spacial score (nSPS) is 10.6. The topological polar surface area (TPSA) is 21.3 Å². The van der Waals surface area contributed by atoms with Gasteiger partial charge in [0.25, 0.3) is 0 Å². The van der Waals surface area contributed by atoms with Crippen molar-refractivity contribution in [1.82, 2.24) is 5.32 Å². The number of hydrogen-bond acceptors (Lipinski definition) is 3. The summed E-state index contributed by atoms with van der Waals surface area (Å²) in [5.74, 6) is 0.805. The van der Waals surface area contributed by atoms with E-state index in [0.717, 1.165) is 22.9 Å². The zero-order valence-corrected chi connectivity index (χ0v) is 12.2. The summed E-state index contributed by atoms with van der Waals surface area (Å²) in [5, 5.41) is 6.76. The van der Waals surface area contributed by atoms with Gasteiger partial charge in [0.1, 0.15) is 5.75 Å². The van der Waals surface area contributed by atoms with Gasteiger partial charge >= 0.3 is 0 Å². The van der Waals surface area contributed by atoms with Crippen LogP contribution < -0.4 is 10.1 Å². The van der Waals surface area contributed by atoms with Gasteiger partial charge in [0, 0.05) is 33.9 Å². The van der Waals surface area contributed by atoms with Gasteiger partial charge in [-0.1, -0.05) is 29.3 Å². The minimum Gasteiger partial charge on any atom is -0.496 e. The Labute approximate surface area is 120 Å². The fourth-order valence-corrected chi connectivity index (χ4v) is 2.93. The molecule has 0 amide bonds. The molecule has 1 N–H and O–H groups in total. The SMILES string of the molecule is COc1cccc(Cl)c1CNCc1cc(Cl)cs1. The second-order valence-corrected chi connectivity index (χ2v) is 5.59. The molecule has 0 aliphatic heterocycles. The highest BCUT2D eigenvalue weighted by Crippen LogP contribution is 2.26. The van der Waals surface area contributed by atoms with Crippen molar-refractivity contribution >= 4 is 34.5 Å². The molecule has 0 radical (unpaired) electrons. The summed E-state index contributed by atoms with van der Waals surface area (Å²) in [7, 11) is 1.65. The maximum Gasteiger partial charge on any atom is 0.124 e. The Hall–Kier alpha value is -0.740. The fourth-order valence-electron chi connectivity index (χ4n) is 1.66. The van der Waals surface area contributed by atoms with E-state index in [0.29, 0.717) is 11.6 Å². The molecule has 0 aliphatic rings. The van der Waals surface area contributed by atoms with E-state index in [2.05, 4.69) is 5.32 Å². The summed E-state index contributed by atoms with van der Waals surface area (Å²) < 4.78 is 5.29. The van der Waals surface area contributed by atoms with Gasteiger partial charge in [0.05, 0.1) is 12.1 Å². The molecule has 1 heterocycles. The van der Waals surface area contributed by atoms with Gasteiger partial charge in [-0.3, -0.25) is 0 Å². The molecule has 0 aliphatic carbocycles. The first-order valence-electron chi connectivity index (χ1n) is 5.45. The molecular weight excluding hydrogens is 289 g/mol. The average Bonchev–Trinajstić information content (AvgIpc) is 2.77. The van der Waals surface area contributed by atoms with Crippen molar-refractivity contribution in [2.45, 2.75) is 13.1 Å². The van der Waals surface area contributed by atoms with Gasteiger partial charge in [-0.05, 0) is 18.2 Å². The molecule has 0 fully saturated rings. The van der Waals surface area contributed by atoms with Crippen LogP contribution in [0, 0.1) is 0 Å². The predicted octanol–water partition coefficient (Wildman–Crippen LogP) is 4.35. The van der Waals surface area contributed by atoms with Gasteiger partial charge in [0.2, 0.25) is 0 Å². The van der Waals surface area contributed by atoms with E-state index in [1.165, 1.54) is 4.88 Å². The Morgan fingerprint density at radius 2 is 2.11 bits per heavy atom. The number of nitrogens with one attached hydrogen (secondary N) is 1. The zero-order valence-electron chi connectivity index (χ0n) is 9.87. The summed E-state index contributed by atoms with van der Waals surface area (Å²) >= 11 is 13.7. The van der Waals surface area contributed by atoms with E-state index in [1.54, 1.807) is 18.4 Å². The average molecular weight is 302 g/mol. The van der Waals surface area contributed by atoms with Gasteiger partial charge in [0.15, 0.2) is 0 Å². The molecule has 0 atom stereocenters. The first kappa shape index (κ1) is 13.7. The largest absolute Gasteiger partial charge is 0.496 e.